The van der Waals surface area contributed by atoms with E-state index in [0.717, 1.165) is 10.1 Å². The molecule has 2 aromatic rings. The van der Waals surface area contributed by atoms with Gasteiger partial charge in [0.2, 0.25) is 11.0 Å². The molecule has 0 aliphatic rings. The van der Waals surface area contributed by atoms with Gasteiger partial charge in [-0.2, -0.15) is 0 Å². The molecule has 1 heterocycles. The summed E-state index contributed by atoms with van der Waals surface area (Å²) in [6.07, 6.45) is 0.137. The van der Waals surface area contributed by atoms with E-state index in [-0.39, 0.29) is 24.7 Å². The first-order valence-corrected chi connectivity index (χ1v) is 9.34. The van der Waals surface area contributed by atoms with Crippen LogP contribution in [0.25, 0.3) is 0 Å². The molecule has 0 unspecified atom stereocenters. The summed E-state index contributed by atoms with van der Waals surface area (Å²) in [5, 5.41) is 11.1. The molecule has 6 nitrogen and oxygen atoms in total. The SMILES string of the molecule is CCOC(=O)CCC(=O)Nc1nnc(SCc2cccc(C)c2)s1. The first kappa shape index (κ1) is 18.4. The molecular weight excluding hydrogens is 346 g/mol. The molecule has 2 rings (SSSR count). The number of hydrogen-bond donors (Lipinski definition) is 1. The third-order valence-electron chi connectivity index (χ3n) is 2.96. The maximum Gasteiger partial charge on any atom is 0.306 e. The molecule has 0 aliphatic carbocycles. The second kappa shape index (κ2) is 9.39. The summed E-state index contributed by atoms with van der Waals surface area (Å²) in [5.41, 5.74) is 2.44. The molecule has 1 N–H and O–H groups in total. The van der Waals surface area contributed by atoms with Crippen molar-refractivity contribution in [2.75, 3.05) is 11.9 Å². The molecule has 0 aliphatic heterocycles. The van der Waals surface area contributed by atoms with Gasteiger partial charge in [0.15, 0.2) is 4.34 Å². The summed E-state index contributed by atoms with van der Waals surface area (Å²) in [6, 6.07) is 8.29. The number of ether oxygens (including phenoxy) is 1. The molecule has 0 radical (unpaired) electrons. The van der Waals surface area contributed by atoms with Crippen LogP contribution in [-0.2, 0) is 20.1 Å². The molecule has 1 aromatic heterocycles. The number of carbonyl (C=O) groups excluding carboxylic acids is 2. The average Bonchev–Trinajstić information content (AvgIpc) is 2.99. The van der Waals surface area contributed by atoms with Gasteiger partial charge < -0.3 is 10.1 Å². The van der Waals surface area contributed by atoms with E-state index in [1.807, 2.05) is 6.07 Å². The van der Waals surface area contributed by atoms with Crippen LogP contribution in [0, 0.1) is 6.92 Å². The number of aromatic nitrogens is 2. The van der Waals surface area contributed by atoms with Crippen molar-refractivity contribution in [2.24, 2.45) is 0 Å². The number of nitrogens with one attached hydrogen (secondary N) is 1. The Kier molecular flexibility index (Phi) is 7.20. The predicted molar refractivity (Wildman–Crippen MR) is 95.1 cm³/mol. The molecule has 0 spiro atoms. The maximum atomic E-state index is 11.8. The van der Waals surface area contributed by atoms with Crippen LogP contribution >= 0.6 is 23.1 Å². The summed E-state index contributed by atoms with van der Waals surface area (Å²) >= 11 is 2.90. The van der Waals surface area contributed by atoms with Crippen LogP contribution < -0.4 is 5.32 Å². The Hall–Kier alpha value is -1.93. The molecule has 1 aromatic carbocycles. The molecule has 0 atom stereocenters. The van der Waals surface area contributed by atoms with Gasteiger partial charge in [0.05, 0.1) is 13.0 Å². The molecule has 1 amide bonds. The van der Waals surface area contributed by atoms with Crippen LogP contribution in [0.3, 0.4) is 0 Å². The number of carbonyl (C=O) groups is 2. The lowest BCUT2D eigenvalue weighted by Crippen LogP contribution is -2.14. The highest BCUT2D eigenvalue weighted by Crippen LogP contribution is 2.28. The Balaban J connectivity index is 1.78. The van der Waals surface area contributed by atoms with Crippen LogP contribution in [-0.4, -0.2) is 28.7 Å². The Bertz CT molecular complexity index is 703. The van der Waals surface area contributed by atoms with Crippen molar-refractivity contribution in [1.82, 2.24) is 10.2 Å². The largest absolute Gasteiger partial charge is 0.466 e. The quantitative estimate of drug-likeness (QED) is 0.438. The fourth-order valence-corrected chi connectivity index (χ4v) is 3.61. The van der Waals surface area contributed by atoms with E-state index in [2.05, 4.69) is 40.6 Å². The summed E-state index contributed by atoms with van der Waals surface area (Å²) < 4.78 is 5.57. The molecule has 24 heavy (non-hydrogen) atoms. The van der Waals surface area contributed by atoms with Crippen molar-refractivity contribution in [1.29, 1.82) is 0 Å². The average molecular weight is 365 g/mol. The summed E-state index contributed by atoms with van der Waals surface area (Å²) in [4.78, 5) is 23.0. The van der Waals surface area contributed by atoms with Gasteiger partial charge in [0.25, 0.3) is 0 Å². The van der Waals surface area contributed by atoms with Crippen LogP contribution in [0.1, 0.15) is 30.9 Å². The minimum absolute atomic E-state index is 0.0629. The third-order valence-corrected chi connectivity index (χ3v) is 5.00. The zero-order chi connectivity index (χ0) is 17.4. The van der Waals surface area contributed by atoms with Crippen LogP contribution in [0.4, 0.5) is 5.13 Å². The summed E-state index contributed by atoms with van der Waals surface area (Å²) in [6.45, 7) is 4.11. The van der Waals surface area contributed by atoms with E-state index in [9.17, 15) is 9.59 Å². The van der Waals surface area contributed by atoms with Crippen molar-refractivity contribution >= 4 is 40.1 Å². The van der Waals surface area contributed by atoms with Crippen molar-refractivity contribution < 1.29 is 14.3 Å². The minimum atomic E-state index is -0.376. The number of anilines is 1. The molecular formula is C16H19N3O3S2. The van der Waals surface area contributed by atoms with E-state index in [0.29, 0.717) is 11.7 Å². The topological polar surface area (TPSA) is 81.2 Å². The van der Waals surface area contributed by atoms with Gasteiger partial charge in [0.1, 0.15) is 0 Å². The van der Waals surface area contributed by atoms with E-state index >= 15 is 0 Å². The minimum Gasteiger partial charge on any atom is -0.466 e. The monoisotopic (exact) mass is 365 g/mol. The number of hydrogen-bond acceptors (Lipinski definition) is 7. The number of esters is 1. The van der Waals surface area contributed by atoms with Crippen LogP contribution in [0.5, 0.6) is 0 Å². The van der Waals surface area contributed by atoms with E-state index in [1.165, 1.54) is 22.5 Å². The van der Waals surface area contributed by atoms with Crippen LogP contribution in [0.2, 0.25) is 0 Å². The molecule has 0 bridgehead atoms. The third kappa shape index (κ3) is 6.29. The Morgan fingerprint density at radius 2 is 2.12 bits per heavy atom. The highest BCUT2D eigenvalue weighted by molar-refractivity contribution is 8.00. The summed E-state index contributed by atoms with van der Waals surface area (Å²) in [7, 11) is 0. The van der Waals surface area contributed by atoms with Gasteiger partial charge in [-0.05, 0) is 19.4 Å². The fraction of sp³-hybridized carbons (Fsp3) is 0.375. The van der Waals surface area contributed by atoms with Crippen molar-refractivity contribution in [3.63, 3.8) is 0 Å². The second-order valence-electron chi connectivity index (χ2n) is 5.00. The highest BCUT2D eigenvalue weighted by Gasteiger charge is 2.11. The van der Waals surface area contributed by atoms with Crippen LogP contribution in [0.15, 0.2) is 28.6 Å². The molecule has 0 saturated carbocycles. The van der Waals surface area contributed by atoms with Gasteiger partial charge in [-0.1, -0.05) is 52.9 Å². The molecule has 0 fully saturated rings. The lowest BCUT2D eigenvalue weighted by Gasteiger charge is -2.01. The van der Waals surface area contributed by atoms with E-state index in [1.54, 1.807) is 18.7 Å². The lowest BCUT2D eigenvalue weighted by molar-refractivity contribution is -0.144. The van der Waals surface area contributed by atoms with Gasteiger partial charge in [-0.15, -0.1) is 10.2 Å². The molecule has 0 saturated heterocycles. The Morgan fingerprint density at radius 1 is 1.29 bits per heavy atom. The van der Waals surface area contributed by atoms with Gasteiger partial charge in [-0.3, -0.25) is 9.59 Å². The zero-order valence-electron chi connectivity index (χ0n) is 13.6. The number of nitrogens with zero attached hydrogens (tertiary/aromatic N) is 2. The lowest BCUT2D eigenvalue weighted by atomic mass is 10.2. The first-order valence-electron chi connectivity index (χ1n) is 7.54. The van der Waals surface area contributed by atoms with E-state index < -0.39 is 0 Å². The second-order valence-corrected chi connectivity index (χ2v) is 7.20. The predicted octanol–water partition coefficient (Wildman–Crippen LogP) is 3.42. The smallest absolute Gasteiger partial charge is 0.306 e. The molecule has 8 heteroatoms. The zero-order valence-corrected chi connectivity index (χ0v) is 15.2. The maximum absolute atomic E-state index is 11.8. The fourth-order valence-electron chi connectivity index (χ4n) is 1.90. The van der Waals surface area contributed by atoms with Crippen molar-refractivity contribution in [3.8, 4) is 0 Å². The van der Waals surface area contributed by atoms with E-state index in [4.69, 9.17) is 4.74 Å². The van der Waals surface area contributed by atoms with Gasteiger partial charge >= 0.3 is 5.97 Å². The molecule has 128 valence electrons. The number of amides is 1. The standard InChI is InChI=1S/C16H19N3O3S2/c1-3-22-14(21)8-7-13(20)17-15-18-19-16(24-15)23-10-12-6-4-5-11(2)9-12/h4-6,9H,3,7-8,10H2,1-2H3,(H,17,18,20). The number of aryl methyl sites for hydroxylation is 1. The van der Waals surface area contributed by atoms with Gasteiger partial charge in [0, 0.05) is 12.2 Å². The Labute approximate surface area is 149 Å². The summed E-state index contributed by atoms with van der Waals surface area (Å²) in [5.74, 6) is 0.154. The number of benzene rings is 1. The van der Waals surface area contributed by atoms with Gasteiger partial charge in [-0.25, -0.2) is 0 Å². The number of thioether (sulfide) groups is 1. The van der Waals surface area contributed by atoms with Crippen molar-refractivity contribution in [2.45, 2.75) is 36.8 Å². The Morgan fingerprint density at radius 3 is 2.88 bits per heavy atom. The highest BCUT2D eigenvalue weighted by atomic mass is 32.2. The first-order chi connectivity index (χ1) is 11.6. The van der Waals surface area contributed by atoms with Crippen molar-refractivity contribution in [3.05, 3.63) is 35.4 Å². The normalized spacial score (nSPS) is 10.4. The number of rotatable bonds is 8.